The zero-order valence-corrected chi connectivity index (χ0v) is 19.6. The lowest BCUT2D eigenvalue weighted by molar-refractivity contribution is 0.0699. The molecule has 6 heteroatoms. The molecule has 1 saturated heterocycles. The molecule has 2 bridgehead atoms. The Labute approximate surface area is 189 Å². The first-order chi connectivity index (χ1) is 15.2. The summed E-state index contributed by atoms with van der Waals surface area (Å²) in [5.41, 5.74) is 3.69. The van der Waals surface area contributed by atoms with Gasteiger partial charge in [-0.1, -0.05) is 20.8 Å². The van der Waals surface area contributed by atoms with Crippen molar-refractivity contribution in [2.45, 2.75) is 46.1 Å². The van der Waals surface area contributed by atoms with Crippen LogP contribution in [0.4, 0.5) is 0 Å². The molecule has 2 aliphatic rings. The Kier molecular flexibility index (Phi) is 4.73. The summed E-state index contributed by atoms with van der Waals surface area (Å²) in [4.78, 5) is 16.1. The number of methoxy groups -OCH3 is 1. The van der Waals surface area contributed by atoms with Crippen LogP contribution in [0.5, 0.6) is 5.75 Å². The SMILES string of the molecule is COc1ccc(-n2nc(-c3cccn3C)cc2C(=O)N2CC3(C)CC2CC(C)(C)C3)cc1. The fourth-order valence-corrected chi connectivity index (χ4v) is 6.15. The van der Waals surface area contributed by atoms with Gasteiger partial charge in [0, 0.05) is 25.8 Å². The Morgan fingerprint density at radius 2 is 1.88 bits per heavy atom. The van der Waals surface area contributed by atoms with E-state index in [4.69, 9.17) is 9.84 Å². The van der Waals surface area contributed by atoms with Crippen molar-refractivity contribution in [2.75, 3.05) is 13.7 Å². The smallest absolute Gasteiger partial charge is 0.272 e. The second kappa shape index (κ2) is 7.26. The Balaban J connectivity index is 1.57. The Bertz CT molecular complexity index is 1160. The average Bonchev–Trinajstić information content (AvgIpc) is 3.42. The molecule has 3 aromatic rings. The number of likely N-dealkylation sites (tertiary alicyclic amines) is 1. The summed E-state index contributed by atoms with van der Waals surface area (Å²) in [5, 5.41) is 4.87. The van der Waals surface area contributed by atoms with Crippen LogP contribution in [0.15, 0.2) is 48.7 Å². The van der Waals surface area contributed by atoms with E-state index in [1.807, 2.05) is 60.3 Å². The minimum Gasteiger partial charge on any atom is -0.497 e. The first kappa shape index (κ1) is 20.9. The van der Waals surface area contributed by atoms with Crippen LogP contribution in [-0.4, -0.2) is 44.9 Å². The summed E-state index contributed by atoms with van der Waals surface area (Å²) in [7, 11) is 3.65. The molecule has 1 aromatic carbocycles. The van der Waals surface area contributed by atoms with Gasteiger partial charge in [-0.15, -0.1) is 0 Å². The minimum atomic E-state index is 0.0696. The number of amides is 1. The lowest BCUT2D eigenvalue weighted by Gasteiger charge is -2.39. The van der Waals surface area contributed by atoms with Crippen LogP contribution >= 0.6 is 0 Å². The molecule has 0 radical (unpaired) electrons. The number of fused-ring (bicyclic) bond motifs is 2. The van der Waals surface area contributed by atoms with E-state index in [0.29, 0.717) is 5.69 Å². The van der Waals surface area contributed by atoms with Gasteiger partial charge in [-0.25, -0.2) is 4.68 Å². The molecule has 32 heavy (non-hydrogen) atoms. The van der Waals surface area contributed by atoms with Crippen LogP contribution in [0.2, 0.25) is 0 Å². The molecule has 0 spiro atoms. The van der Waals surface area contributed by atoms with Gasteiger partial charge in [0.15, 0.2) is 0 Å². The number of aromatic nitrogens is 3. The number of rotatable bonds is 4. The Morgan fingerprint density at radius 3 is 2.53 bits per heavy atom. The van der Waals surface area contributed by atoms with Gasteiger partial charge in [0.05, 0.1) is 18.5 Å². The third-order valence-corrected chi connectivity index (χ3v) is 7.13. The molecule has 5 rings (SSSR count). The zero-order valence-electron chi connectivity index (χ0n) is 19.6. The van der Waals surface area contributed by atoms with Gasteiger partial charge in [0.2, 0.25) is 0 Å². The molecule has 2 unspecified atom stereocenters. The number of aryl methyl sites for hydroxylation is 1. The molecular weight excluding hydrogens is 400 g/mol. The van der Waals surface area contributed by atoms with Crippen molar-refractivity contribution in [1.82, 2.24) is 19.2 Å². The van der Waals surface area contributed by atoms with Crippen molar-refractivity contribution in [2.24, 2.45) is 17.9 Å². The predicted molar refractivity (Wildman–Crippen MR) is 125 cm³/mol. The fourth-order valence-electron chi connectivity index (χ4n) is 6.15. The number of carbonyl (C=O) groups is 1. The first-order valence-corrected chi connectivity index (χ1v) is 11.4. The largest absolute Gasteiger partial charge is 0.497 e. The second-order valence-electron chi connectivity index (χ2n) is 10.7. The quantitative estimate of drug-likeness (QED) is 0.588. The summed E-state index contributed by atoms with van der Waals surface area (Å²) < 4.78 is 9.13. The minimum absolute atomic E-state index is 0.0696. The lowest BCUT2D eigenvalue weighted by Crippen LogP contribution is -2.38. The summed E-state index contributed by atoms with van der Waals surface area (Å²) >= 11 is 0. The standard InChI is InChI=1S/C26H32N4O2/c1-25(2)14-19-15-26(3,16-25)17-29(19)24(31)23-13-21(22-7-6-12-28(22)4)27-30(23)18-8-10-20(32-5)11-9-18/h6-13,19H,14-17H2,1-5H3. The molecule has 2 fully saturated rings. The van der Waals surface area contributed by atoms with E-state index in [2.05, 4.69) is 25.7 Å². The highest BCUT2D eigenvalue weighted by Crippen LogP contribution is 2.52. The van der Waals surface area contributed by atoms with Crippen molar-refractivity contribution in [3.63, 3.8) is 0 Å². The topological polar surface area (TPSA) is 52.3 Å². The van der Waals surface area contributed by atoms with Crippen LogP contribution in [0.3, 0.4) is 0 Å². The Hall–Kier alpha value is -3.02. The lowest BCUT2D eigenvalue weighted by atomic mass is 9.65. The van der Waals surface area contributed by atoms with Crippen LogP contribution in [-0.2, 0) is 7.05 Å². The summed E-state index contributed by atoms with van der Waals surface area (Å²) in [6, 6.07) is 14.0. The summed E-state index contributed by atoms with van der Waals surface area (Å²) in [5.74, 6) is 0.847. The van der Waals surface area contributed by atoms with Crippen molar-refractivity contribution in [1.29, 1.82) is 0 Å². The molecule has 3 heterocycles. The van der Waals surface area contributed by atoms with E-state index in [1.165, 1.54) is 0 Å². The number of carbonyl (C=O) groups excluding carboxylic acids is 1. The van der Waals surface area contributed by atoms with Crippen molar-refractivity contribution in [3.05, 3.63) is 54.4 Å². The number of hydrogen-bond donors (Lipinski definition) is 0. The fraction of sp³-hybridized carbons (Fsp3) is 0.462. The van der Waals surface area contributed by atoms with E-state index in [-0.39, 0.29) is 22.8 Å². The Morgan fingerprint density at radius 1 is 1.12 bits per heavy atom. The summed E-state index contributed by atoms with van der Waals surface area (Å²) in [6.07, 6.45) is 5.29. The van der Waals surface area contributed by atoms with Gasteiger partial charge >= 0.3 is 0 Å². The molecule has 6 nitrogen and oxygen atoms in total. The van der Waals surface area contributed by atoms with Crippen LogP contribution in [0.25, 0.3) is 17.1 Å². The van der Waals surface area contributed by atoms with Gasteiger partial charge in [0.25, 0.3) is 5.91 Å². The molecule has 2 aromatic heterocycles. The van der Waals surface area contributed by atoms with E-state index in [0.717, 1.165) is 48.6 Å². The van der Waals surface area contributed by atoms with E-state index >= 15 is 0 Å². The third kappa shape index (κ3) is 3.51. The molecule has 0 N–H and O–H groups in total. The molecule has 1 aliphatic heterocycles. The van der Waals surface area contributed by atoms with Crippen LogP contribution in [0.1, 0.15) is 50.5 Å². The number of ether oxygens (including phenoxy) is 1. The maximum absolute atomic E-state index is 14.0. The molecule has 168 valence electrons. The van der Waals surface area contributed by atoms with Gasteiger partial charge in [-0.2, -0.15) is 5.10 Å². The van der Waals surface area contributed by atoms with E-state index < -0.39 is 0 Å². The molecule has 1 aliphatic carbocycles. The molecule has 1 amide bonds. The highest BCUT2D eigenvalue weighted by molar-refractivity contribution is 5.95. The highest BCUT2D eigenvalue weighted by Gasteiger charge is 2.51. The number of benzene rings is 1. The predicted octanol–water partition coefficient (Wildman–Crippen LogP) is 4.93. The zero-order chi connectivity index (χ0) is 22.7. The van der Waals surface area contributed by atoms with Crippen molar-refractivity contribution < 1.29 is 9.53 Å². The van der Waals surface area contributed by atoms with E-state index in [1.54, 1.807) is 11.8 Å². The highest BCUT2D eigenvalue weighted by atomic mass is 16.5. The maximum atomic E-state index is 14.0. The summed E-state index contributed by atoms with van der Waals surface area (Å²) in [6.45, 7) is 7.82. The average molecular weight is 433 g/mol. The number of hydrogen-bond acceptors (Lipinski definition) is 3. The van der Waals surface area contributed by atoms with Crippen molar-refractivity contribution in [3.8, 4) is 22.8 Å². The monoisotopic (exact) mass is 432 g/mol. The molecule has 1 saturated carbocycles. The van der Waals surface area contributed by atoms with Crippen molar-refractivity contribution >= 4 is 5.91 Å². The van der Waals surface area contributed by atoms with E-state index in [9.17, 15) is 4.79 Å². The third-order valence-electron chi connectivity index (χ3n) is 7.13. The van der Waals surface area contributed by atoms with Gasteiger partial charge in [0.1, 0.15) is 17.1 Å². The van der Waals surface area contributed by atoms with Crippen LogP contribution < -0.4 is 4.74 Å². The normalized spacial score (nSPS) is 24.0. The van der Waals surface area contributed by atoms with Gasteiger partial charge < -0.3 is 14.2 Å². The second-order valence-corrected chi connectivity index (χ2v) is 10.7. The maximum Gasteiger partial charge on any atom is 0.272 e. The molecular formula is C26H32N4O2. The number of nitrogens with zero attached hydrogens (tertiary/aromatic N) is 4. The van der Waals surface area contributed by atoms with Gasteiger partial charge in [-0.05, 0) is 72.6 Å². The van der Waals surface area contributed by atoms with Crippen LogP contribution in [0, 0.1) is 10.8 Å². The molecule has 2 atom stereocenters. The first-order valence-electron chi connectivity index (χ1n) is 11.4. The van der Waals surface area contributed by atoms with Gasteiger partial charge in [-0.3, -0.25) is 4.79 Å².